The highest BCUT2D eigenvalue weighted by Crippen LogP contribution is 2.30. The van der Waals surface area contributed by atoms with E-state index in [2.05, 4.69) is 46.8 Å². The van der Waals surface area contributed by atoms with Crippen LogP contribution >= 0.6 is 11.6 Å². The molecule has 1 aromatic heterocycles. The number of rotatable bonds is 8. The molecular weight excluding hydrogens is 432 g/mol. The summed E-state index contributed by atoms with van der Waals surface area (Å²) in [5.41, 5.74) is 3.63. The van der Waals surface area contributed by atoms with Crippen molar-refractivity contribution in [2.75, 3.05) is 13.3 Å². The molecule has 1 aromatic rings. The van der Waals surface area contributed by atoms with Gasteiger partial charge >= 0.3 is 0 Å². The Labute approximate surface area is 204 Å². The molecule has 2 atom stereocenters. The van der Waals surface area contributed by atoms with E-state index in [0.717, 1.165) is 82.4 Å². The van der Waals surface area contributed by atoms with Crippen LogP contribution in [0, 0.1) is 0 Å². The molecular formula is C27H39ClN4O. The molecule has 0 saturated carbocycles. The monoisotopic (exact) mass is 470 g/mol. The number of pyridine rings is 1. The maximum Gasteiger partial charge on any atom is 0.213 e. The Kier molecular flexibility index (Phi) is 11.5. The van der Waals surface area contributed by atoms with Crippen LogP contribution in [0.4, 0.5) is 0 Å². The molecule has 0 bridgehead atoms. The van der Waals surface area contributed by atoms with Crippen LogP contribution in [-0.2, 0) is 6.42 Å². The third kappa shape index (κ3) is 9.34. The van der Waals surface area contributed by atoms with E-state index in [4.69, 9.17) is 21.3 Å². The van der Waals surface area contributed by atoms with Gasteiger partial charge in [-0.05, 0) is 75.5 Å². The largest absolute Gasteiger partial charge is 0.478 e. The Bertz CT molecular complexity index is 833. The number of fused-ring (bicyclic) bond motifs is 1. The molecule has 0 radical (unpaired) electrons. The van der Waals surface area contributed by atoms with Gasteiger partial charge in [0.2, 0.25) is 5.88 Å². The third-order valence-corrected chi connectivity index (χ3v) is 6.27. The molecule has 0 spiro atoms. The van der Waals surface area contributed by atoms with Crippen LogP contribution in [-0.4, -0.2) is 29.9 Å². The fourth-order valence-electron chi connectivity index (χ4n) is 4.05. The summed E-state index contributed by atoms with van der Waals surface area (Å²) in [6, 6.07) is 4.53. The number of aryl methyl sites for hydroxylation is 1. The standard InChI is InChI=1S/C27H39ClN4O/c1-2-3-20-33-27-16-15-24-25(13-9-14-26(24)32-27)31-21-30-23-11-6-4-5-7-18-29-19-17-22(28)10-8-12-23/h8,11-12,15-19,22,25,30-31H,2-7,9-10,13-14,20-21H2,1H3/b12-8?,19-17+,23-11?,29-18?. The molecule has 0 fully saturated rings. The van der Waals surface area contributed by atoms with Gasteiger partial charge in [0.25, 0.3) is 0 Å². The second-order valence-corrected chi connectivity index (χ2v) is 9.22. The average molecular weight is 471 g/mol. The van der Waals surface area contributed by atoms with Crippen LogP contribution in [0.5, 0.6) is 5.88 Å². The molecule has 180 valence electrons. The summed E-state index contributed by atoms with van der Waals surface area (Å²) >= 11 is 6.36. The van der Waals surface area contributed by atoms with Gasteiger partial charge in [-0.1, -0.05) is 31.6 Å². The van der Waals surface area contributed by atoms with Gasteiger partial charge in [0, 0.05) is 35.9 Å². The Balaban J connectivity index is 1.54. The average Bonchev–Trinajstić information content (AvgIpc) is 2.82. The van der Waals surface area contributed by atoms with Gasteiger partial charge < -0.3 is 10.1 Å². The first-order valence-corrected chi connectivity index (χ1v) is 13.0. The van der Waals surface area contributed by atoms with Gasteiger partial charge in [0.05, 0.1) is 18.7 Å². The fourth-order valence-corrected chi connectivity index (χ4v) is 4.22. The first-order chi connectivity index (χ1) is 16.3. The molecule has 3 rings (SSSR count). The van der Waals surface area contributed by atoms with Crippen LogP contribution in [0.3, 0.4) is 0 Å². The second-order valence-electron chi connectivity index (χ2n) is 8.66. The number of halogens is 1. The highest BCUT2D eigenvalue weighted by Gasteiger charge is 2.21. The van der Waals surface area contributed by atoms with E-state index in [1.165, 1.54) is 11.3 Å². The number of ether oxygens (including phenoxy) is 1. The van der Waals surface area contributed by atoms with Crippen LogP contribution < -0.4 is 15.4 Å². The van der Waals surface area contributed by atoms with Crippen molar-refractivity contribution >= 4 is 17.8 Å². The lowest BCUT2D eigenvalue weighted by Gasteiger charge is -2.26. The van der Waals surface area contributed by atoms with Crippen molar-refractivity contribution in [3.05, 3.63) is 59.6 Å². The molecule has 6 heteroatoms. The Hall–Kier alpha value is -2.11. The number of nitrogens with zero attached hydrogens (tertiary/aromatic N) is 2. The molecule has 33 heavy (non-hydrogen) atoms. The zero-order chi connectivity index (χ0) is 23.1. The SMILES string of the molecule is CCCCOc1ccc2c(n1)CCCC2NCNC1=CCCCCC=N/C=C/C(Cl)CC=C1. The van der Waals surface area contributed by atoms with Gasteiger partial charge in [0.1, 0.15) is 0 Å². The molecule has 2 N–H and O–H groups in total. The number of unbranched alkanes of at least 4 members (excludes halogenated alkanes) is 1. The topological polar surface area (TPSA) is 58.5 Å². The molecule has 0 amide bonds. The number of aliphatic imine (C=N–C) groups is 1. The van der Waals surface area contributed by atoms with E-state index in [0.29, 0.717) is 12.7 Å². The molecule has 1 aliphatic carbocycles. The van der Waals surface area contributed by atoms with Crippen molar-refractivity contribution in [3.8, 4) is 5.88 Å². The Morgan fingerprint density at radius 2 is 2.09 bits per heavy atom. The van der Waals surface area contributed by atoms with Crippen molar-refractivity contribution in [3.63, 3.8) is 0 Å². The lowest BCUT2D eigenvalue weighted by molar-refractivity contribution is 0.295. The molecule has 5 nitrogen and oxygen atoms in total. The van der Waals surface area contributed by atoms with E-state index in [9.17, 15) is 0 Å². The number of allylic oxidation sites excluding steroid dienone is 4. The van der Waals surface area contributed by atoms with E-state index >= 15 is 0 Å². The number of hydrogen-bond acceptors (Lipinski definition) is 5. The predicted molar refractivity (Wildman–Crippen MR) is 139 cm³/mol. The highest BCUT2D eigenvalue weighted by atomic mass is 35.5. The number of nitrogens with one attached hydrogen (secondary N) is 2. The third-order valence-electron chi connectivity index (χ3n) is 5.95. The minimum absolute atomic E-state index is 0.0391. The van der Waals surface area contributed by atoms with Crippen molar-refractivity contribution in [1.82, 2.24) is 15.6 Å². The number of aromatic nitrogens is 1. The van der Waals surface area contributed by atoms with Crippen molar-refractivity contribution in [2.24, 2.45) is 4.99 Å². The lowest BCUT2D eigenvalue weighted by Crippen LogP contribution is -2.33. The van der Waals surface area contributed by atoms with Crippen LogP contribution in [0.25, 0.3) is 0 Å². The minimum Gasteiger partial charge on any atom is -0.478 e. The minimum atomic E-state index is -0.0391. The Morgan fingerprint density at radius 1 is 1.18 bits per heavy atom. The zero-order valence-electron chi connectivity index (χ0n) is 19.9. The summed E-state index contributed by atoms with van der Waals surface area (Å²) in [4.78, 5) is 9.07. The number of alkyl halides is 1. The first-order valence-electron chi connectivity index (χ1n) is 12.5. The molecule has 1 aliphatic heterocycles. The maximum atomic E-state index is 6.36. The second kappa shape index (κ2) is 14.9. The normalized spacial score (nSPS) is 22.7. The van der Waals surface area contributed by atoms with Gasteiger partial charge in [-0.15, -0.1) is 11.6 Å². The Morgan fingerprint density at radius 3 is 3.00 bits per heavy atom. The summed E-state index contributed by atoms with van der Waals surface area (Å²) in [7, 11) is 0. The van der Waals surface area contributed by atoms with Crippen LogP contribution in [0.2, 0.25) is 0 Å². The summed E-state index contributed by atoms with van der Waals surface area (Å²) in [5, 5.41) is 7.22. The zero-order valence-corrected chi connectivity index (χ0v) is 20.7. The summed E-state index contributed by atoms with van der Waals surface area (Å²) in [6.07, 6.45) is 22.9. The molecule has 2 unspecified atom stereocenters. The van der Waals surface area contributed by atoms with Crippen LogP contribution in [0.1, 0.15) is 82.0 Å². The summed E-state index contributed by atoms with van der Waals surface area (Å²) in [6.45, 7) is 3.63. The smallest absolute Gasteiger partial charge is 0.213 e. The molecule has 2 heterocycles. The summed E-state index contributed by atoms with van der Waals surface area (Å²) in [5.74, 6) is 0.759. The van der Waals surface area contributed by atoms with E-state index < -0.39 is 0 Å². The van der Waals surface area contributed by atoms with E-state index in [1.54, 1.807) is 0 Å². The van der Waals surface area contributed by atoms with Crippen molar-refractivity contribution in [1.29, 1.82) is 0 Å². The first kappa shape index (κ1) is 25.5. The molecule has 0 aromatic carbocycles. The van der Waals surface area contributed by atoms with Crippen LogP contribution in [0.15, 0.2) is 53.3 Å². The lowest BCUT2D eigenvalue weighted by atomic mass is 9.91. The van der Waals surface area contributed by atoms with Gasteiger partial charge in [-0.25, -0.2) is 4.98 Å². The molecule has 0 saturated heterocycles. The van der Waals surface area contributed by atoms with Crippen molar-refractivity contribution in [2.45, 2.75) is 82.6 Å². The fraction of sp³-hybridized carbons (Fsp3) is 0.556. The van der Waals surface area contributed by atoms with E-state index in [-0.39, 0.29) is 5.38 Å². The number of hydrogen-bond donors (Lipinski definition) is 2. The predicted octanol–water partition coefficient (Wildman–Crippen LogP) is 6.37. The van der Waals surface area contributed by atoms with E-state index in [1.807, 2.05) is 24.6 Å². The van der Waals surface area contributed by atoms with Gasteiger partial charge in [0.15, 0.2) is 0 Å². The quantitative estimate of drug-likeness (QED) is 0.263. The summed E-state index contributed by atoms with van der Waals surface area (Å²) < 4.78 is 5.81. The van der Waals surface area contributed by atoms with Gasteiger partial charge in [-0.3, -0.25) is 10.3 Å². The van der Waals surface area contributed by atoms with Gasteiger partial charge in [-0.2, -0.15) is 0 Å². The molecule has 2 aliphatic rings. The maximum absolute atomic E-state index is 6.36. The highest BCUT2D eigenvalue weighted by molar-refractivity contribution is 6.21. The van der Waals surface area contributed by atoms with Crippen molar-refractivity contribution < 1.29 is 4.74 Å².